The highest BCUT2D eigenvalue weighted by Gasteiger charge is 2.22. The van der Waals surface area contributed by atoms with E-state index in [9.17, 15) is 8.78 Å². The van der Waals surface area contributed by atoms with Gasteiger partial charge in [0.2, 0.25) is 0 Å². The van der Waals surface area contributed by atoms with Crippen molar-refractivity contribution in [3.8, 4) is 0 Å². The van der Waals surface area contributed by atoms with Gasteiger partial charge in [0.15, 0.2) is 11.6 Å². The van der Waals surface area contributed by atoms with E-state index in [-0.39, 0.29) is 12.0 Å². The molecule has 1 rings (SSSR count). The SMILES string of the molecule is CCCNC(c1cccc(F)c1F)C(C)CCC. The maximum Gasteiger partial charge on any atom is 0.163 e. The first-order valence-electron chi connectivity index (χ1n) is 6.79. The van der Waals surface area contributed by atoms with Crippen molar-refractivity contribution >= 4 is 0 Å². The van der Waals surface area contributed by atoms with E-state index < -0.39 is 11.6 Å². The van der Waals surface area contributed by atoms with Crippen LogP contribution < -0.4 is 5.32 Å². The molecular weight excluding hydrogens is 232 g/mol. The van der Waals surface area contributed by atoms with Crippen LogP contribution in [0.3, 0.4) is 0 Å². The molecule has 2 atom stereocenters. The fourth-order valence-corrected chi connectivity index (χ4v) is 2.30. The van der Waals surface area contributed by atoms with Crippen molar-refractivity contribution in [2.75, 3.05) is 6.54 Å². The van der Waals surface area contributed by atoms with Crippen LogP contribution in [0.2, 0.25) is 0 Å². The molecule has 2 unspecified atom stereocenters. The lowest BCUT2D eigenvalue weighted by atomic mass is 9.90. The molecular formula is C15H23F2N. The molecule has 0 aromatic heterocycles. The van der Waals surface area contributed by atoms with E-state index in [1.807, 2.05) is 0 Å². The molecule has 18 heavy (non-hydrogen) atoms. The molecule has 0 heterocycles. The highest BCUT2D eigenvalue weighted by molar-refractivity contribution is 5.23. The zero-order valence-electron chi connectivity index (χ0n) is 11.5. The van der Waals surface area contributed by atoms with Crippen molar-refractivity contribution in [3.05, 3.63) is 35.4 Å². The summed E-state index contributed by atoms with van der Waals surface area (Å²) in [7, 11) is 0. The van der Waals surface area contributed by atoms with E-state index in [1.54, 1.807) is 12.1 Å². The minimum atomic E-state index is -0.764. The van der Waals surface area contributed by atoms with Crippen LogP contribution >= 0.6 is 0 Å². The predicted octanol–water partition coefficient (Wildman–Crippen LogP) is 4.44. The summed E-state index contributed by atoms with van der Waals surface area (Å²) in [6, 6.07) is 4.31. The molecule has 102 valence electrons. The topological polar surface area (TPSA) is 12.0 Å². The average Bonchev–Trinajstić information content (AvgIpc) is 2.35. The minimum absolute atomic E-state index is 0.111. The smallest absolute Gasteiger partial charge is 0.163 e. The largest absolute Gasteiger partial charge is 0.310 e. The first-order valence-corrected chi connectivity index (χ1v) is 6.79. The third-order valence-corrected chi connectivity index (χ3v) is 3.24. The summed E-state index contributed by atoms with van der Waals surface area (Å²) < 4.78 is 27.2. The molecule has 0 saturated carbocycles. The number of nitrogens with one attached hydrogen (secondary N) is 1. The van der Waals surface area contributed by atoms with Gasteiger partial charge in [0.1, 0.15) is 0 Å². The van der Waals surface area contributed by atoms with Crippen molar-refractivity contribution < 1.29 is 8.78 Å². The molecule has 0 amide bonds. The Morgan fingerprint density at radius 2 is 1.89 bits per heavy atom. The fraction of sp³-hybridized carbons (Fsp3) is 0.600. The van der Waals surface area contributed by atoms with Crippen LogP contribution in [0.15, 0.2) is 18.2 Å². The lowest BCUT2D eigenvalue weighted by Crippen LogP contribution is -2.28. The zero-order chi connectivity index (χ0) is 13.5. The van der Waals surface area contributed by atoms with Gasteiger partial charge >= 0.3 is 0 Å². The Bertz CT molecular complexity index is 366. The van der Waals surface area contributed by atoms with Crippen molar-refractivity contribution in [3.63, 3.8) is 0 Å². The molecule has 1 nitrogen and oxygen atoms in total. The van der Waals surface area contributed by atoms with Crippen LogP contribution in [0.5, 0.6) is 0 Å². The highest BCUT2D eigenvalue weighted by Crippen LogP contribution is 2.28. The molecule has 1 aromatic rings. The summed E-state index contributed by atoms with van der Waals surface area (Å²) in [5, 5.41) is 3.33. The lowest BCUT2D eigenvalue weighted by Gasteiger charge is -2.26. The van der Waals surface area contributed by atoms with Crippen LogP contribution in [0.4, 0.5) is 8.78 Å². The standard InChI is InChI=1S/C15H23F2N/c1-4-7-11(3)15(18-10-5-2)12-8-6-9-13(16)14(12)17/h6,8-9,11,15,18H,4-5,7,10H2,1-3H3. The summed E-state index contributed by atoms with van der Waals surface area (Å²) in [4.78, 5) is 0. The monoisotopic (exact) mass is 255 g/mol. The second-order valence-corrected chi connectivity index (χ2v) is 4.84. The van der Waals surface area contributed by atoms with Crippen molar-refractivity contribution in [2.45, 2.75) is 46.1 Å². The summed E-state index contributed by atoms with van der Waals surface area (Å²) in [6.45, 7) is 7.07. The quantitative estimate of drug-likeness (QED) is 0.759. The Balaban J connectivity index is 2.97. The number of hydrogen-bond donors (Lipinski definition) is 1. The normalized spacial score (nSPS) is 14.5. The Morgan fingerprint density at radius 1 is 1.17 bits per heavy atom. The Morgan fingerprint density at radius 3 is 2.50 bits per heavy atom. The van der Waals surface area contributed by atoms with Crippen LogP contribution in [-0.4, -0.2) is 6.54 Å². The molecule has 0 aliphatic heterocycles. The molecule has 0 bridgehead atoms. The van der Waals surface area contributed by atoms with Crippen molar-refractivity contribution in [2.24, 2.45) is 5.92 Å². The van der Waals surface area contributed by atoms with Crippen molar-refractivity contribution in [1.29, 1.82) is 0 Å². The van der Waals surface area contributed by atoms with E-state index in [0.29, 0.717) is 5.56 Å². The number of halogens is 2. The van der Waals surface area contributed by atoms with E-state index in [4.69, 9.17) is 0 Å². The van der Waals surface area contributed by atoms with Gasteiger partial charge < -0.3 is 5.32 Å². The molecule has 1 aromatic carbocycles. The Labute approximate surface area is 109 Å². The first-order chi connectivity index (χ1) is 8.61. The van der Waals surface area contributed by atoms with E-state index in [0.717, 1.165) is 25.8 Å². The van der Waals surface area contributed by atoms with Crippen LogP contribution in [0.1, 0.15) is 51.6 Å². The molecule has 0 fully saturated rings. The number of benzene rings is 1. The van der Waals surface area contributed by atoms with E-state index >= 15 is 0 Å². The van der Waals surface area contributed by atoms with Gasteiger partial charge in [-0.25, -0.2) is 8.78 Å². The van der Waals surface area contributed by atoms with Gasteiger partial charge in [-0.2, -0.15) is 0 Å². The van der Waals surface area contributed by atoms with Gasteiger partial charge in [-0.15, -0.1) is 0 Å². The van der Waals surface area contributed by atoms with Gasteiger partial charge in [-0.3, -0.25) is 0 Å². The van der Waals surface area contributed by atoms with Crippen LogP contribution in [0.25, 0.3) is 0 Å². The van der Waals surface area contributed by atoms with Gasteiger partial charge in [-0.1, -0.05) is 39.3 Å². The summed E-state index contributed by atoms with van der Waals surface area (Å²) in [6.07, 6.45) is 3.02. The van der Waals surface area contributed by atoms with Crippen LogP contribution in [0, 0.1) is 17.6 Å². The molecule has 3 heteroatoms. The van der Waals surface area contributed by atoms with E-state index in [1.165, 1.54) is 6.07 Å². The van der Waals surface area contributed by atoms with Gasteiger partial charge in [0.05, 0.1) is 0 Å². The summed E-state index contributed by atoms with van der Waals surface area (Å²) in [5.41, 5.74) is 0.449. The molecule has 0 spiro atoms. The van der Waals surface area contributed by atoms with Gasteiger partial charge in [-0.05, 0) is 31.4 Å². The Hall–Kier alpha value is -0.960. The number of rotatable bonds is 7. The molecule has 0 saturated heterocycles. The van der Waals surface area contributed by atoms with Gasteiger partial charge in [0.25, 0.3) is 0 Å². The van der Waals surface area contributed by atoms with E-state index in [2.05, 4.69) is 26.1 Å². The summed E-state index contributed by atoms with van der Waals surface area (Å²) in [5.74, 6) is -1.19. The molecule has 0 radical (unpaired) electrons. The molecule has 1 N–H and O–H groups in total. The number of hydrogen-bond acceptors (Lipinski definition) is 1. The van der Waals surface area contributed by atoms with Gasteiger partial charge in [0, 0.05) is 11.6 Å². The second-order valence-electron chi connectivity index (χ2n) is 4.84. The molecule has 0 aliphatic rings. The predicted molar refractivity (Wildman–Crippen MR) is 71.5 cm³/mol. The third-order valence-electron chi connectivity index (χ3n) is 3.24. The minimum Gasteiger partial charge on any atom is -0.310 e. The van der Waals surface area contributed by atoms with Crippen molar-refractivity contribution in [1.82, 2.24) is 5.32 Å². The van der Waals surface area contributed by atoms with Crippen LogP contribution in [-0.2, 0) is 0 Å². The maximum atomic E-state index is 13.9. The first kappa shape index (κ1) is 15.1. The highest BCUT2D eigenvalue weighted by atomic mass is 19.2. The summed E-state index contributed by atoms with van der Waals surface area (Å²) >= 11 is 0. The third kappa shape index (κ3) is 3.77. The zero-order valence-corrected chi connectivity index (χ0v) is 11.5. The average molecular weight is 255 g/mol. The maximum absolute atomic E-state index is 13.9. The molecule has 0 aliphatic carbocycles. The Kier molecular flexibility index (Phi) is 6.27. The fourth-order valence-electron chi connectivity index (χ4n) is 2.30. The lowest BCUT2D eigenvalue weighted by molar-refractivity contribution is 0.348. The second kappa shape index (κ2) is 7.47.